The summed E-state index contributed by atoms with van der Waals surface area (Å²) in [5.41, 5.74) is 1.000. The van der Waals surface area contributed by atoms with Gasteiger partial charge in [0.25, 0.3) is 11.8 Å². The van der Waals surface area contributed by atoms with E-state index in [0.29, 0.717) is 19.0 Å². The Bertz CT molecular complexity index is 1050. The molecule has 1 aromatic heterocycles. The lowest BCUT2D eigenvalue weighted by molar-refractivity contribution is 0.0728. The van der Waals surface area contributed by atoms with Crippen molar-refractivity contribution in [2.75, 3.05) is 13.1 Å². The Kier molecular flexibility index (Phi) is 7.70. The summed E-state index contributed by atoms with van der Waals surface area (Å²) in [4.78, 5) is 26.7. The van der Waals surface area contributed by atoms with E-state index in [-0.39, 0.29) is 41.9 Å². The van der Waals surface area contributed by atoms with Gasteiger partial charge in [-0.05, 0) is 30.0 Å². The third kappa shape index (κ3) is 6.47. The number of amides is 2. The lowest BCUT2D eigenvalue weighted by Gasteiger charge is -2.21. The number of carbonyl (C=O) groups excluding carboxylic acids is 2. The SMILES string of the molecule is CC(C)CNC(=O)c1cc(CN(CCc2ccccc2)C(=O)c2cc(F)cc(F)c2)on1. The van der Waals surface area contributed by atoms with Gasteiger partial charge in [0.05, 0.1) is 6.54 Å². The highest BCUT2D eigenvalue weighted by atomic mass is 19.1. The molecule has 0 aliphatic rings. The van der Waals surface area contributed by atoms with Gasteiger partial charge in [-0.2, -0.15) is 0 Å². The zero-order chi connectivity index (χ0) is 23.1. The van der Waals surface area contributed by atoms with Crippen LogP contribution in [0.2, 0.25) is 0 Å². The summed E-state index contributed by atoms with van der Waals surface area (Å²) in [7, 11) is 0. The van der Waals surface area contributed by atoms with E-state index in [1.165, 1.54) is 11.0 Å². The molecule has 3 rings (SSSR count). The third-order valence-corrected chi connectivity index (χ3v) is 4.72. The van der Waals surface area contributed by atoms with Gasteiger partial charge in [0.2, 0.25) is 0 Å². The predicted octanol–water partition coefficient (Wildman–Crippen LogP) is 4.22. The fourth-order valence-corrected chi connectivity index (χ4v) is 3.09. The average molecular weight is 441 g/mol. The summed E-state index contributed by atoms with van der Waals surface area (Å²) in [6.45, 7) is 4.71. The number of aromatic nitrogens is 1. The molecule has 2 amide bonds. The third-order valence-electron chi connectivity index (χ3n) is 4.72. The van der Waals surface area contributed by atoms with E-state index in [4.69, 9.17) is 4.52 Å². The fraction of sp³-hybridized carbons (Fsp3) is 0.292. The zero-order valence-corrected chi connectivity index (χ0v) is 18.0. The van der Waals surface area contributed by atoms with Crippen molar-refractivity contribution in [1.82, 2.24) is 15.4 Å². The van der Waals surface area contributed by atoms with Crippen LogP contribution in [0.4, 0.5) is 8.78 Å². The van der Waals surface area contributed by atoms with Gasteiger partial charge in [0.15, 0.2) is 11.5 Å². The van der Waals surface area contributed by atoms with Crippen LogP contribution in [0, 0.1) is 17.6 Å². The first kappa shape index (κ1) is 23.1. The molecule has 0 aliphatic carbocycles. The molecule has 0 atom stereocenters. The molecular formula is C24H25F2N3O3. The molecule has 168 valence electrons. The van der Waals surface area contributed by atoms with Gasteiger partial charge >= 0.3 is 0 Å². The summed E-state index contributed by atoms with van der Waals surface area (Å²) in [6, 6.07) is 13.7. The summed E-state index contributed by atoms with van der Waals surface area (Å²) < 4.78 is 32.6. The molecule has 8 heteroatoms. The van der Waals surface area contributed by atoms with Gasteiger partial charge in [-0.15, -0.1) is 0 Å². The largest absolute Gasteiger partial charge is 0.359 e. The molecule has 0 saturated carbocycles. The maximum Gasteiger partial charge on any atom is 0.273 e. The van der Waals surface area contributed by atoms with Crippen LogP contribution in [0.5, 0.6) is 0 Å². The molecular weight excluding hydrogens is 416 g/mol. The highest BCUT2D eigenvalue weighted by molar-refractivity contribution is 5.94. The smallest absolute Gasteiger partial charge is 0.273 e. The molecule has 3 aromatic rings. The highest BCUT2D eigenvalue weighted by Crippen LogP contribution is 2.15. The number of hydrogen-bond donors (Lipinski definition) is 1. The standard InChI is InChI=1S/C24H25F2N3O3/c1-16(2)14-27-23(30)22-13-21(32-28-22)15-29(9-8-17-6-4-3-5-7-17)24(31)18-10-19(25)12-20(26)11-18/h3-7,10-13,16H,8-9,14-15H2,1-2H3,(H,27,30). The highest BCUT2D eigenvalue weighted by Gasteiger charge is 2.21. The Balaban J connectivity index is 1.77. The second-order valence-electron chi connectivity index (χ2n) is 7.90. The van der Waals surface area contributed by atoms with Crippen molar-refractivity contribution in [2.45, 2.75) is 26.8 Å². The second kappa shape index (κ2) is 10.7. The minimum absolute atomic E-state index is 0.00569. The molecule has 6 nitrogen and oxygen atoms in total. The van der Waals surface area contributed by atoms with Crippen molar-refractivity contribution in [3.63, 3.8) is 0 Å². The predicted molar refractivity (Wildman–Crippen MR) is 115 cm³/mol. The van der Waals surface area contributed by atoms with Crippen LogP contribution in [0.15, 0.2) is 59.1 Å². The number of benzene rings is 2. The molecule has 2 aromatic carbocycles. The van der Waals surface area contributed by atoms with Crippen LogP contribution in [-0.4, -0.2) is 35.0 Å². The average Bonchev–Trinajstić information content (AvgIpc) is 3.23. The molecule has 0 bridgehead atoms. The van der Waals surface area contributed by atoms with Crippen LogP contribution in [0.3, 0.4) is 0 Å². The summed E-state index contributed by atoms with van der Waals surface area (Å²) in [6.07, 6.45) is 0.528. The first-order valence-corrected chi connectivity index (χ1v) is 10.3. The van der Waals surface area contributed by atoms with E-state index in [2.05, 4.69) is 10.5 Å². The Morgan fingerprint density at radius 3 is 2.41 bits per heavy atom. The van der Waals surface area contributed by atoms with Crippen LogP contribution in [0.1, 0.15) is 46.0 Å². The molecule has 0 unspecified atom stereocenters. The van der Waals surface area contributed by atoms with Gasteiger partial charge in [-0.25, -0.2) is 8.78 Å². The van der Waals surface area contributed by atoms with Crippen molar-refractivity contribution in [2.24, 2.45) is 5.92 Å². The van der Waals surface area contributed by atoms with Crippen LogP contribution >= 0.6 is 0 Å². The van der Waals surface area contributed by atoms with E-state index in [9.17, 15) is 18.4 Å². The van der Waals surface area contributed by atoms with Crippen molar-refractivity contribution in [1.29, 1.82) is 0 Å². The fourth-order valence-electron chi connectivity index (χ4n) is 3.09. The second-order valence-corrected chi connectivity index (χ2v) is 7.90. The minimum Gasteiger partial charge on any atom is -0.359 e. The first-order chi connectivity index (χ1) is 15.3. The van der Waals surface area contributed by atoms with Gasteiger partial charge in [0.1, 0.15) is 11.6 Å². The monoisotopic (exact) mass is 441 g/mol. The van der Waals surface area contributed by atoms with E-state index >= 15 is 0 Å². The molecule has 0 saturated heterocycles. The maximum atomic E-state index is 13.7. The van der Waals surface area contributed by atoms with Crippen LogP contribution in [0.25, 0.3) is 0 Å². The van der Waals surface area contributed by atoms with Crippen molar-refractivity contribution >= 4 is 11.8 Å². The number of rotatable bonds is 9. The Labute approximate surface area is 185 Å². The summed E-state index contributed by atoms with van der Waals surface area (Å²) >= 11 is 0. The Morgan fingerprint density at radius 1 is 1.06 bits per heavy atom. The Morgan fingerprint density at radius 2 is 1.75 bits per heavy atom. The molecule has 0 spiro atoms. The van der Waals surface area contributed by atoms with E-state index in [1.54, 1.807) is 0 Å². The number of hydrogen-bond acceptors (Lipinski definition) is 4. The summed E-state index contributed by atoms with van der Waals surface area (Å²) in [5.74, 6) is -2.02. The van der Waals surface area contributed by atoms with E-state index in [0.717, 1.165) is 17.7 Å². The van der Waals surface area contributed by atoms with Gasteiger partial charge in [-0.1, -0.05) is 49.3 Å². The number of nitrogens with zero attached hydrogens (tertiary/aromatic N) is 2. The van der Waals surface area contributed by atoms with E-state index in [1.807, 2.05) is 44.2 Å². The van der Waals surface area contributed by atoms with Gasteiger partial charge < -0.3 is 14.7 Å². The van der Waals surface area contributed by atoms with Crippen molar-refractivity contribution < 1.29 is 22.9 Å². The van der Waals surface area contributed by atoms with Crippen molar-refractivity contribution in [3.8, 4) is 0 Å². The zero-order valence-electron chi connectivity index (χ0n) is 18.0. The van der Waals surface area contributed by atoms with Crippen molar-refractivity contribution in [3.05, 3.63) is 88.8 Å². The maximum absolute atomic E-state index is 13.7. The molecule has 1 N–H and O–H groups in total. The van der Waals surface area contributed by atoms with Crippen LogP contribution in [-0.2, 0) is 13.0 Å². The van der Waals surface area contributed by atoms with Crippen LogP contribution < -0.4 is 5.32 Å². The molecule has 32 heavy (non-hydrogen) atoms. The normalized spacial score (nSPS) is 10.9. The van der Waals surface area contributed by atoms with Gasteiger partial charge in [0, 0.05) is 30.8 Å². The molecule has 0 aliphatic heterocycles. The van der Waals surface area contributed by atoms with E-state index < -0.39 is 17.5 Å². The van der Waals surface area contributed by atoms with Gasteiger partial charge in [-0.3, -0.25) is 9.59 Å². The number of nitrogens with one attached hydrogen (secondary N) is 1. The molecule has 0 radical (unpaired) electrons. The number of carbonyl (C=O) groups is 2. The molecule has 1 heterocycles. The minimum atomic E-state index is -0.833. The lowest BCUT2D eigenvalue weighted by Crippen LogP contribution is -2.32. The number of halogens is 2. The Hall–Kier alpha value is -3.55. The quantitative estimate of drug-likeness (QED) is 0.539. The lowest BCUT2D eigenvalue weighted by atomic mass is 10.1. The summed E-state index contributed by atoms with van der Waals surface area (Å²) in [5, 5.41) is 6.53. The molecule has 0 fully saturated rings. The first-order valence-electron chi connectivity index (χ1n) is 10.3. The topological polar surface area (TPSA) is 75.4 Å².